The van der Waals surface area contributed by atoms with Gasteiger partial charge in [0.2, 0.25) is 0 Å². The molecule has 0 saturated heterocycles. The molecule has 2 saturated carbocycles. The quantitative estimate of drug-likeness (QED) is 0.753. The highest BCUT2D eigenvalue weighted by Gasteiger charge is 2.58. The fraction of sp³-hybridized carbons (Fsp3) is 0.846. The Labute approximate surface area is 102 Å². The van der Waals surface area contributed by atoms with Gasteiger partial charge in [0.15, 0.2) is 0 Å². The summed E-state index contributed by atoms with van der Waals surface area (Å²) in [5, 5.41) is 2.73. The van der Waals surface area contributed by atoms with Crippen LogP contribution >= 0.6 is 0 Å². The van der Waals surface area contributed by atoms with Gasteiger partial charge in [-0.25, -0.2) is 4.79 Å². The number of carbonyl (C=O) groups is 2. The van der Waals surface area contributed by atoms with Crippen LogP contribution in [0, 0.1) is 5.41 Å². The lowest BCUT2D eigenvalue weighted by Crippen LogP contribution is -2.65. The van der Waals surface area contributed by atoms with Crippen molar-refractivity contribution in [2.24, 2.45) is 5.41 Å². The summed E-state index contributed by atoms with van der Waals surface area (Å²) in [5.41, 5.74) is -0.843. The molecule has 0 atom stereocenters. The van der Waals surface area contributed by atoms with Crippen molar-refractivity contribution in [3.8, 4) is 0 Å². The van der Waals surface area contributed by atoms with Gasteiger partial charge in [0.05, 0.1) is 5.54 Å². The molecule has 0 aromatic heterocycles. The molecule has 1 N–H and O–H groups in total. The van der Waals surface area contributed by atoms with E-state index in [1.54, 1.807) is 0 Å². The molecule has 1 amide bonds. The maximum absolute atomic E-state index is 11.7. The molecule has 0 aromatic rings. The number of nitrogens with one attached hydrogen (secondary N) is 1. The van der Waals surface area contributed by atoms with Crippen LogP contribution in [0.15, 0.2) is 0 Å². The van der Waals surface area contributed by atoms with E-state index in [2.05, 4.69) is 5.32 Å². The first-order valence-electron chi connectivity index (χ1n) is 6.26. The molecule has 2 aliphatic carbocycles. The van der Waals surface area contributed by atoms with Crippen LogP contribution in [-0.2, 0) is 9.53 Å². The smallest absolute Gasteiger partial charge is 0.408 e. The highest BCUT2D eigenvalue weighted by molar-refractivity contribution is 5.78. The summed E-state index contributed by atoms with van der Waals surface area (Å²) < 4.78 is 5.18. The normalized spacial score (nSPS) is 24.4. The zero-order valence-electron chi connectivity index (χ0n) is 10.8. The Bertz CT molecular complexity index is 331. The molecule has 0 aromatic carbocycles. The number of alkyl carbamates (subject to hydrolysis) is 1. The lowest BCUT2D eigenvalue weighted by Gasteiger charge is -2.58. The van der Waals surface area contributed by atoms with Crippen LogP contribution in [-0.4, -0.2) is 23.5 Å². The highest BCUT2D eigenvalue weighted by atomic mass is 16.6. The van der Waals surface area contributed by atoms with E-state index in [-0.39, 0.29) is 0 Å². The summed E-state index contributed by atoms with van der Waals surface area (Å²) in [6, 6.07) is 0. The minimum Gasteiger partial charge on any atom is -0.444 e. The maximum Gasteiger partial charge on any atom is 0.408 e. The summed E-state index contributed by atoms with van der Waals surface area (Å²) in [6.07, 6.45) is 5.59. The SMILES string of the molecule is CC(C)(C)OC(=O)NC1(C=O)CC2(CCC2)C1. The fourth-order valence-electron chi connectivity index (χ4n) is 3.02. The average molecular weight is 239 g/mol. The predicted octanol–water partition coefficient (Wildman–Crippen LogP) is 2.41. The summed E-state index contributed by atoms with van der Waals surface area (Å²) in [7, 11) is 0. The first-order chi connectivity index (χ1) is 7.78. The van der Waals surface area contributed by atoms with Gasteiger partial charge in [-0.15, -0.1) is 0 Å². The number of hydrogen-bond acceptors (Lipinski definition) is 3. The predicted molar refractivity (Wildman–Crippen MR) is 63.7 cm³/mol. The highest BCUT2D eigenvalue weighted by Crippen LogP contribution is 2.59. The van der Waals surface area contributed by atoms with Crippen LogP contribution in [0.5, 0.6) is 0 Å². The summed E-state index contributed by atoms with van der Waals surface area (Å²) in [6.45, 7) is 5.44. The number of aldehydes is 1. The third-order valence-electron chi connectivity index (χ3n) is 3.77. The molecule has 4 nitrogen and oxygen atoms in total. The third-order valence-corrected chi connectivity index (χ3v) is 3.77. The minimum atomic E-state index is -0.664. The number of rotatable bonds is 2. The van der Waals surface area contributed by atoms with E-state index in [1.807, 2.05) is 20.8 Å². The van der Waals surface area contributed by atoms with Crippen LogP contribution in [0.2, 0.25) is 0 Å². The Morgan fingerprint density at radius 3 is 2.24 bits per heavy atom. The van der Waals surface area contributed by atoms with Gasteiger partial charge >= 0.3 is 6.09 Å². The Hall–Kier alpha value is -1.06. The van der Waals surface area contributed by atoms with Crippen molar-refractivity contribution >= 4 is 12.4 Å². The van der Waals surface area contributed by atoms with Crippen molar-refractivity contribution in [2.45, 2.75) is 64.0 Å². The lowest BCUT2D eigenvalue weighted by molar-refractivity contribution is -0.129. The second kappa shape index (κ2) is 3.72. The molecule has 96 valence electrons. The molecular weight excluding hydrogens is 218 g/mol. The summed E-state index contributed by atoms with van der Waals surface area (Å²) in [4.78, 5) is 22.8. The average Bonchev–Trinajstić information content (AvgIpc) is 2.04. The van der Waals surface area contributed by atoms with Gasteiger partial charge in [-0.05, 0) is 51.9 Å². The van der Waals surface area contributed by atoms with Gasteiger partial charge in [0.1, 0.15) is 11.9 Å². The molecule has 0 unspecified atom stereocenters. The van der Waals surface area contributed by atoms with Crippen molar-refractivity contribution in [3.05, 3.63) is 0 Å². The topological polar surface area (TPSA) is 55.4 Å². The van der Waals surface area contributed by atoms with Crippen molar-refractivity contribution in [1.29, 1.82) is 0 Å². The van der Waals surface area contributed by atoms with Crippen molar-refractivity contribution in [2.75, 3.05) is 0 Å². The Balaban J connectivity index is 1.89. The zero-order valence-corrected chi connectivity index (χ0v) is 10.8. The third kappa shape index (κ3) is 2.45. The van der Waals surface area contributed by atoms with E-state index in [4.69, 9.17) is 4.74 Å². The van der Waals surface area contributed by atoms with Crippen LogP contribution < -0.4 is 5.32 Å². The van der Waals surface area contributed by atoms with E-state index in [0.29, 0.717) is 5.41 Å². The van der Waals surface area contributed by atoms with E-state index in [1.165, 1.54) is 19.3 Å². The molecule has 2 fully saturated rings. The van der Waals surface area contributed by atoms with E-state index in [9.17, 15) is 9.59 Å². The van der Waals surface area contributed by atoms with Gasteiger partial charge in [-0.3, -0.25) is 0 Å². The Morgan fingerprint density at radius 2 is 1.88 bits per heavy atom. The minimum absolute atomic E-state index is 0.343. The molecular formula is C13H21NO3. The second-order valence-corrected chi connectivity index (χ2v) is 6.61. The van der Waals surface area contributed by atoms with Crippen molar-refractivity contribution < 1.29 is 14.3 Å². The molecule has 4 heteroatoms. The lowest BCUT2D eigenvalue weighted by atomic mass is 9.49. The number of ether oxygens (including phenoxy) is 1. The van der Waals surface area contributed by atoms with Gasteiger partial charge in [0.25, 0.3) is 0 Å². The zero-order chi connectivity index (χ0) is 12.7. The maximum atomic E-state index is 11.7. The van der Waals surface area contributed by atoms with Gasteiger partial charge in [-0.2, -0.15) is 0 Å². The summed E-state index contributed by atoms with van der Waals surface area (Å²) >= 11 is 0. The Kier molecular flexibility index (Phi) is 2.71. The molecule has 17 heavy (non-hydrogen) atoms. The fourth-order valence-corrected chi connectivity index (χ4v) is 3.02. The van der Waals surface area contributed by atoms with Gasteiger partial charge in [0, 0.05) is 0 Å². The molecule has 0 bridgehead atoms. The van der Waals surface area contributed by atoms with Crippen molar-refractivity contribution in [3.63, 3.8) is 0 Å². The molecule has 0 aliphatic heterocycles. The number of hydrogen-bond donors (Lipinski definition) is 1. The largest absolute Gasteiger partial charge is 0.444 e. The molecule has 2 rings (SSSR count). The first kappa shape index (κ1) is 12.4. The second-order valence-electron chi connectivity index (χ2n) is 6.61. The molecule has 2 aliphatic rings. The standard InChI is InChI=1S/C13H21NO3/c1-11(2,3)17-10(16)14-13(9-15)7-12(8-13)5-4-6-12/h9H,4-8H2,1-3H3,(H,14,16). The monoisotopic (exact) mass is 239 g/mol. The van der Waals surface area contributed by atoms with Crippen LogP contribution in [0.25, 0.3) is 0 Å². The van der Waals surface area contributed by atoms with Gasteiger partial charge < -0.3 is 14.8 Å². The van der Waals surface area contributed by atoms with E-state index in [0.717, 1.165) is 19.1 Å². The van der Waals surface area contributed by atoms with Crippen LogP contribution in [0.3, 0.4) is 0 Å². The number of amides is 1. The Morgan fingerprint density at radius 1 is 1.29 bits per heavy atom. The van der Waals surface area contributed by atoms with E-state index >= 15 is 0 Å². The van der Waals surface area contributed by atoms with Crippen LogP contribution in [0.1, 0.15) is 52.9 Å². The van der Waals surface area contributed by atoms with Crippen molar-refractivity contribution in [1.82, 2.24) is 5.32 Å². The van der Waals surface area contributed by atoms with E-state index < -0.39 is 17.2 Å². The van der Waals surface area contributed by atoms with Gasteiger partial charge in [-0.1, -0.05) is 6.42 Å². The molecule has 0 radical (unpaired) electrons. The first-order valence-corrected chi connectivity index (χ1v) is 6.26. The summed E-state index contributed by atoms with van der Waals surface area (Å²) in [5.74, 6) is 0. The molecule has 0 heterocycles. The van der Waals surface area contributed by atoms with Crippen LogP contribution in [0.4, 0.5) is 4.79 Å². The number of carbonyl (C=O) groups excluding carboxylic acids is 2. The molecule has 1 spiro atoms.